The maximum atomic E-state index is 4.04. The quantitative estimate of drug-likeness (QED) is 0.639. The Morgan fingerprint density at radius 3 is 2.69 bits per heavy atom. The van der Waals surface area contributed by atoms with Gasteiger partial charge in [0, 0.05) is 12.7 Å². The van der Waals surface area contributed by atoms with Gasteiger partial charge in [-0.3, -0.25) is 0 Å². The van der Waals surface area contributed by atoms with Crippen LogP contribution in [0.5, 0.6) is 0 Å². The van der Waals surface area contributed by atoms with Crippen LogP contribution < -0.4 is 0 Å². The molecule has 0 amide bonds. The third-order valence-electron chi connectivity index (χ3n) is 2.94. The van der Waals surface area contributed by atoms with Gasteiger partial charge in [0.15, 0.2) is 0 Å². The van der Waals surface area contributed by atoms with Gasteiger partial charge in [-0.2, -0.15) is 0 Å². The average Bonchev–Trinajstić information content (AvgIpc) is 2.40. The van der Waals surface area contributed by atoms with Crippen LogP contribution >= 0.6 is 0 Å². The van der Waals surface area contributed by atoms with Crippen LogP contribution in [-0.4, -0.2) is 18.0 Å². The van der Waals surface area contributed by atoms with Crippen LogP contribution in [0.4, 0.5) is 0 Å². The lowest BCUT2D eigenvalue weighted by Crippen LogP contribution is -2.26. The van der Waals surface area contributed by atoms with Gasteiger partial charge < -0.3 is 4.90 Å². The summed E-state index contributed by atoms with van der Waals surface area (Å²) in [6, 6.07) is 0.637. The average molecular weight is 179 g/mol. The maximum absolute atomic E-state index is 4.04. The molecule has 0 aromatic heterocycles. The van der Waals surface area contributed by atoms with Crippen LogP contribution in [-0.2, 0) is 0 Å². The van der Waals surface area contributed by atoms with Crippen LogP contribution in [0.2, 0.25) is 0 Å². The first kappa shape index (κ1) is 10.4. The molecule has 1 heterocycles. The van der Waals surface area contributed by atoms with Crippen molar-refractivity contribution in [3.63, 3.8) is 0 Å². The van der Waals surface area contributed by atoms with Gasteiger partial charge in [-0.25, -0.2) is 0 Å². The Morgan fingerprint density at radius 1 is 1.46 bits per heavy atom. The van der Waals surface area contributed by atoms with Gasteiger partial charge in [-0.15, -0.1) is 0 Å². The van der Waals surface area contributed by atoms with Crippen molar-refractivity contribution in [3.05, 3.63) is 23.9 Å². The molecule has 74 valence electrons. The van der Waals surface area contributed by atoms with Crippen LogP contribution in [0.15, 0.2) is 23.9 Å². The molecule has 1 unspecified atom stereocenters. The van der Waals surface area contributed by atoms with Crippen molar-refractivity contribution >= 4 is 0 Å². The van der Waals surface area contributed by atoms with Gasteiger partial charge >= 0.3 is 0 Å². The van der Waals surface area contributed by atoms with Gasteiger partial charge in [-0.1, -0.05) is 33.3 Å². The molecular formula is C12H21N. The largest absolute Gasteiger partial charge is 0.368 e. The lowest BCUT2D eigenvalue weighted by Gasteiger charge is -2.25. The Kier molecular flexibility index (Phi) is 3.58. The Morgan fingerprint density at radius 2 is 2.15 bits per heavy atom. The monoisotopic (exact) mass is 179 g/mol. The van der Waals surface area contributed by atoms with Crippen LogP contribution in [0.25, 0.3) is 0 Å². The molecule has 0 saturated carbocycles. The first-order valence-electron chi connectivity index (χ1n) is 5.32. The van der Waals surface area contributed by atoms with Gasteiger partial charge in [0.1, 0.15) is 0 Å². The summed E-state index contributed by atoms with van der Waals surface area (Å²) in [6.07, 6.45) is 7.30. The topological polar surface area (TPSA) is 3.24 Å². The first-order chi connectivity index (χ1) is 6.20. The molecule has 0 aromatic rings. The molecule has 0 saturated heterocycles. The molecule has 0 radical (unpaired) electrons. The smallest absolute Gasteiger partial charge is 0.0502 e. The fourth-order valence-corrected chi connectivity index (χ4v) is 1.98. The molecule has 13 heavy (non-hydrogen) atoms. The van der Waals surface area contributed by atoms with E-state index in [4.69, 9.17) is 0 Å². The predicted molar refractivity (Wildman–Crippen MR) is 58.6 cm³/mol. The Balaban J connectivity index is 2.60. The highest BCUT2D eigenvalue weighted by atomic mass is 15.2. The number of hydrogen-bond acceptors (Lipinski definition) is 1. The van der Waals surface area contributed by atoms with E-state index in [1.54, 1.807) is 5.57 Å². The van der Waals surface area contributed by atoms with E-state index in [0.717, 1.165) is 6.42 Å². The van der Waals surface area contributed by atoms with E-state index in [1.165, 1.54) is 25.0 Å². The normalized spacial score (nSPS) is 22.4. The van der Waals surface area contributed by atoms with Crippen LogP contribution in [0, 0.1) is 0 Å². The van der Waals surface area contributed by atoms with E-state index < -0.39 is 0 Å². The van der Waals surface area contributed by atoms with Crippen molar-refractivity contribution in [2.24, 2.45) is 0 Å². The number of rotatable bonds is 4. The molecule has 1 heteroatoms. The number of nitrogens with zero attached hydrogens (tertiary/aromatic N) is 1. The number of allylic oxidation sites excluding steroid dienone is 1. The number of likely N-dealkylation sites (N-methyl/N-ethyl adjacent to an activating group) is 1. The Labute approximate surface area is 82.1 Å². The molecule has 0 aromatic carbocycles. The summed E-state index contributed by atoms with van der Waals surface area (Å²) in [7, 11) is 2.15. The van der Waals surface area contributed by atoms with E-state index in [2.05, 4.69) is 38.5 Å². The molecule has 0 N–H and O–H groups in total. The molecule has 1 nitrogen and oxygen atoms in total. The van der Waals surface area contributed by atoms with Gasteiger partial charge in [0.25, 0.3) is 0 Å². The molecule has 1 rings (SSSR count). The summed E-state index contributed by atoms with van der Waals surface area (Å²) in [4.78, 5) is 2.31. The summed E-state index contributed by atoms with van der Waals surface area (Å²) in [5, 5.41) is 0. The number of unbranched alkanes of at least 4 members (excludes halogenated alkanes) is 1. The highest BCUT2D eigenvalue weighted by Gasteiger charge is 2.23. The van der Waals surface area contributed by atoms with Crippen molar-refractivity contribution in [1.29, 1.82) is 0 Å². The van der Waals surface area contributed by atoms with Gasteiger partial charge in [0.05, 0.1) is 6.04 Å². The second-order valence-corrected chi connectivity index (χ2v) is 3.83. The van der Waals surface area contributed by atoms with Crippen molar-refractivity contribution in [1.82, 2.24) is 4.90 Å². The summed E-state index contributed by atoms with van der Waals surface area (Å²) in [5.41, 5.74) is 2.74. The van der Waals surface area contributed by atoms with E-state index in [1.807, 2.05) is 0 Å². The minimum Gasteiger partial charge on any atom is -0.368 e. The summed E-state index contributed by atoms with van der Waals surface area (Å²) >= 11 is 0. The summed E-state index contributed by atoms with van der Waals surface area (Å²) in [6.45, 7) is 8.52. The molecule has 1 atom stereocenters. The van der Waals surface area contributed by atoms with Crippen molar-refractivity contribution in [3.8, 4) is 0 Å². The highest BCUT2D eigenvalue weighted by Crippen LogP contribution is 2.29. The van der Waals surface area contributed by atoms with Crippen LogP contribution in [0.1, 0.15) is 39.5 Å². The lowest BCUT2D eigenvalue weighted by atomic mass is 10.0. The molecular weight excluding hydrogens is 158 g/mol. The SMILES string of the molecule is C=C1C=C(CC)C(CCCC)N1C. The fraction of sp³-hybridized carbons (Fsp3) is 0.667. The zero-order valence-corrected chi connectivity index (χ0v) is 9.14. The third-order valence-corrected chi connectivity index (χ3v) is 2.94. The standard InChI is InChI=1S/C12H21N/c1-5-7-8-12-11(6-2)9-10(3)13(12)4/h9,12H,3,5-8H2,1-2,4H3. The molecule has 1 aliphatic heterocycles. The minimum absolute atomic E-state index is 0.637. The maximum Gasteiger partial charge on any atom is 0.0502 e. The van der Waals surface area contributed by atoms with E-state index in [-0.39, 0.29) is 0 Å². The van der Waals surface area contributed by atoms with E-state index >= 15 is 0 Å². The predicted octanol–water partition coefficient (Wildman–Crippen LogP) is 3.34. The van der Waals surface area contributed by atoms with Crippen molar-refractivity contribution < 1.29 is 0 Å². The van der Waals surface area contributed by atoms with E-state index in [0.29, 0.717) is 6.04 Å². The highest BCUT2D eigenvalue weighted by molar-refractivity contribution is 5.31. The molecule has 0 spiro atoms. The van der Waals surface area contributed by atoms with Gasteiger partial charge in [-0.05, 0) is 24.5 Å². The summed E-state index contributed by atoms with van der Waals surface area (Å²) in [5.74, 6) is 0. The Hall–Kier alpha value is -0.720. The van der Waals surface area contributed by atoms with Crippen molar-refractivity contribution in [2.45, 2.75) is 45.6 Å². The molecule has 0 fully saturated rings. The fourth-order valence-electron chi connectivity index (χ4n) is 1.98. The number of hydrogen-bond donors (Lipinski definition) is 0. The second-order valence-electron chi connectivity index (χ2n) is 3.83. The molecule has 0 aliphatic carbocycles. The zero-order chi connectivity index (χ0) is 9.84. The van der Waals surface area contributed by atoms with Crippen molar-refractivity contribution in [2.75, 3.05) is 7.05 Å². The minimum atomic E-state index is 0.637. The van der Waals surface area contributed by atoms with Crippen LogP contribution in [0.3, 0.4) is 0 Å². The Bertz CT molecular complexity index is 215. The van der Waals surface area contributed by atoms with E-state index in [9.17, 15) is 0 Å². The first-order valence-corrected chi connectivity index (χ1v) is 5.32. The van der Waals surface area contributed by atoms with Gasteiger partial charge in [0.2, 0.25) is 0 Å². The molecule has 1 aliphatic rings. The molecule has 0 bridgehead atoms. The summed E-state index contributed by atoms with van der Waals surface area (Å²) < 4.78 is 0. The third kappa shape index (κ3) is 2.15. The zero-order valence-electron chi connectivity index (χ0n) is 9.14. The second kappa shape index (κ2) is 4.50. The lowest BCUT2D eigenvalue weighted by molar-refractivity contribution is 0.343.